The van der Waals surface area contributed by atoms with E-state index in [2.05, 4.69) is 17.5 Å². The minimum Gasteiger partial charge on any atom is -0.383 e. The van der Waals surface area contributed by atoms with Crippen molar-refractivity contribution >= 4 is 0 Å². The van der Waals surface area contributed by atoms with Crippen molar-refractivity contribution in [2.45, 2.75) is 37.8 Å². The van der Waals surface area contributed by atoms with Gasteiger partial charge in [-0.3, -0.25) is 0 Å². The topological polar surface area (TPSA) is 47.3 Å². The van der Waals surface area contributed by atoms with Crippen LogP contribution in [0.25, 0.3) is 0 Å². The molecule has 1 atom stereocenters. The van der Waals surface area contributed by atoms with Crippen LogP contribution in [-0.4, -0.2) is 32.3 Å². The van der Waals surface area contributed by atoms with Crippen molar-refractivity contribution in [2.75, 3.05) is 20.3 Å². The summed E-state index contributed by atoms with van der Waals surface area (Å²) in [6.07, 6.45) is 8.97. The van der Waals surface area contributed by atoms with Crippen LogP contribution in [0.2, 0.25) is 0 Å². The largest absolute Gasteiger partial charge is 0.383 e. The van der Waals surface area contributed by atoms with Crippen molar-refractivity contribution in [1.29, 1.82) is 0 Å². The van der Waals surface area contributed by atoms with Crippen molar-refractivity contribution in [3.8, 4) is 0 Å². The summed E-state index contributed by atoms with van der Waals surface area (Å²) >= 11 is 0. The summed E-state index contributed by atoms with van der Waals surface area (Å²) in [4.78, 5) is 0. The van der Waals surface area contributed by atoms with Crippen LogP contribution in [0.15, 0.2) is 12.2 Å². The predicted molar refractivity (Wildman–Crippen MR) is 59.3 cm³/mol. The third-order valence-electron chi connectivity index (χ3n) is 2.60. The van der Waals surface area contributed by atoms with Gasteiger partial charge in [0.25, 0.3) is 0 Å². The second kappa shape index (κ2) is 6.98. The summed E-state index contributed by atoms with van der Waals surface area (Å²) in [5.41, 5.74) is 5.50. The van der Waals surface area contributed by atoms with Crippen molar-refractivity contribution in [2.24, 2.45) is 5.73 Å². The Morgan fingerprint density at radius 1 is 1.50 bits per heavy atom. The number of hydrogen-bond acceptors (Lipinski definition) is 3. The van der Waals surface area contributed by atoms with Gasteiger partial charge in [0, 0.05) is 19.2 Å². The zero-order chi connectivity index (χ0) is 10.2. The summed E-state index contributed by atoms with van der Waals surface area (Å²) in [5, 5.41) is 3.61. The molecule has 1 rings (SSSR count). The van der Waals surface area contributed by atoms with Crippen LogP contribution in [0.1, 0.15) is 25.7 Å². The van der Waals surface area contributed by atoms with Crippen LogP contribution < -0.4 is 11.1 Å². The van der Waals surface area contributed by atoms with Gasteiger partial charge in [-0.25, -0.2) is 0 Å². The van der Waals surface area contributed by atoms with E-state index in [9.17, 15) is 0 Å². The number of methoxy groups -OCH3 is 1. The molecule has 3 nitrogen and oxygen atoms in total. The second-order valence-electron chi connectivity index (χ2n) is 3.89. The Kier molecular flexibility index (Phi) is 5.83. The summed E-state index contributed by atoms with van der Waals surface area (Å²) in [5.74, 6) is 0. The molecule has 1 aliphatic carbocycles. The Morgan fingerprint density at radius 3 is 2.79 bits per heavy atom. The highest BCUT2D eigenvalue weighted by molar-refractivity contribution is 4.98. The summed E-state index contributed by atoms with van der Waals surface area (Å²) < 4.78 is 5.19. The lowest BCUT2D eigenvalue weighted by atomic mass is 10.1. The Balaban J connectivity index is 2.19. The molecule has 0 aromatic rings. The van der Waals surface area contributed by atoms with Gasteiger partial charge in [-0.15, -0.1) is 0 Å². The molecule has 3 N–H and O–H groups in total. The average molecular weight is 198 g/mol. The SMILES string of the molecule is COCC(CCCN)NC1CC=CC1. The number of hydrogen-bond donors (Lipinski definition) is 2. The fraction of sp³-hybridized carbons (Fsp3) is 0.818. The third-order valence-corrected chi connectivity index (χ3v) is 2.60. The average Bonchev–Trinajstić information content (AvgIpc) is 2.67. The number of rotatable bonds is 7. The van der Waals surface area contributed by atoms with Gasteiger partial charge in [-0.05, 0) is 32.2 Å². The first-order valence-electron chi connectivity index (χ1n) is 5.47. The fourth-order valence-electron chi connectivity index (χ4n) is 1.87. The highest BCUT2D eigenvalue weighted by Crippen LogP contribution is 2.11. The molecule has 1 aliphatic rings. The maximum atomic E-state index is 5.50. The molecule has 3 heteroatoms. The summed E-state index contributed by atoms with van der Waals surface area (Å²) in [6.45, 7) is 1.56. The molecular weight excluding hydrogens is 176 g/mol. The van der Waals surface area contributed by atoms with Gasteiger partial charge in [0.15, 0.2) is 0 Å². The van der Waals surface area contributed by atoms with Crippen molar-refractivity contribution in [1.82, 2.24) is 5.32 Å². The molecule has 0 aromatic heterocycles. The molecule has 0 amide bonds. The number of nitrogens with one attached hydrogen (secondary N) is 1. The van der Waals surface area contributed by atoms with Gasteiger partial charge < -0.3 is 15.8 Å². The molecule has 0 heterocycles. The van der Waals surface area contributed by atoms with E-state index < -0.39 is 0 Å². The molecule has 0 bridgehead atoms. The van der Waals surface area contributed by atoms with Crippen molar-refractivity contribution in [3.63, 3.8) is 0 Å². The highest BCUT2D eigenvalue weighted by atomic mass is 16.5. The minimum absolute atomic E-state index is 0.466. The lowest BCUT2D eigenvalue weighted by Gasteiger charge is -2.22. The van der Waals surface area contributed by atoms with Gasteiger partial charge in [-0.2, -0.15) is 0 Å². The Bertz CT molecular complexity index is 163. The first-order chi connectivity index (χ1) is 6.86. The van der Waals surface area contributed by atoms with Gasteiger partial charge in [0.2, 0.25) is 0 Å². The molecule has 0 saturated heterocycles. The van der Waals surface area contributed by atoms with Crippen LogP contribution in [0, 0.1) is 0 Å². The molecule has 0 spiro atoms. The lowest BCUT2D eigenvalue weighted by Crippen LogP contribution is -2.40. The number of ether oxygens (including phenoxy) is 1. The van der Waals surface area contributed by atoms with E-state index in [-0.39, 0.29) is 0 Å². The van der Waals surface area contributed by atoms with E-state index in [1.165, 1.54) is 0 Å². The normalized spacial score (nSPS) is 19.0. The molecule has 82 valence electrons. The monoisotopic (exact) mass is 198 g/mol. The quantitative estimate of drug-likeness (QED) is 0.601. The predicted octanol–water partition coefficient (Wildman–Crippen LogP) is 1.05. The second-order valence-corrected chi connectivity index (χ2v) is 3.89. The molecule has 0 fully saturated rings. The maximum Gasteiger partial charge on any atom is 0.0615 e. The molecular formula is C11H22N2O. The highest BCUT2D eigenvalue weighted by Gasteiger charge is 2.15. The van der Waals surface area contributed by atoms with Crippen LogP contribution >= 0.6 is 0 Å². The third kappa shape index (κ3) is 4.22. The molecule has 0 radical (unpaired) electrons. The molecule has 0 aliphatic heterocycles. The first-order valence-corrected chi connectivity index (χ1v) is 5.47. The van der Waals surface area contributed by atoms with E-state index in [1.54, 1.807) is 7.11 Å². The maximum absolute atomic E-state index is 5.50. The smallest absolute Gasteiger partial charge is 0.0615 e. The lowest BCUT2D eigenvalue weighted by molar-refractivity contribution is 0.156. The summed E-state index contributed by atoms with van der Waals surface area (Å²) in [7, 11) is 1.75. The zero-order valence-electron chi connectivity index (χ0n) is 9.04. The minimum atomic E-state index is 0.466. The molecule has 0 aromatic carbocycles. The van der Waals surface area contributed by atoms with Gasteiger partial charge in [0.1, 0.15) is 0 Å². The molecule has 14 heavy (non-hydrogen) atoms. The van der Waals surface area contributed by atoms with E-state index >= 15 is 0 Å². The molecule has 1 unspecified atom stereocenters. The van der Waals surface area contributed by atoms with Crippen LogP contribution in [0.5, 0.6) is 0 Å². The standard InChI is InChI=1S/C11H22N2O/c1-14-9-11(7-4-8-12)13-10-5-2-3-6-10/h2-3,10-11,13H,4-9,12H2,1H3. The van der Waals surface area contributed by atoms with Crippen molar-refractivity contribution < 1.29 is 4.74 Å². The van der Waals surface area contributed by atoms with E-state index in [0.717, 1.165) is 38.8 Å². The van der Waals surface area contributed by atoms with Gasteiger partial charge in [-0.1, -0.05) is 12.2 Å². The zero-order valence-corrected chi connectivity index (χ0v) is 9.04. The van der Waals surface area contributed by atoms with Crippen LogP contribution in [-0.2, 0) is 4.74 Å². The van der Waals surface area contributed by atoms with Crippen LogP contribution in [0.3, 0.4) is 0 Å². The van der Waals surface area contributed by atoms with E-state index in [1.807, 2.05) is 0 Å². The van der Waals surface area contributed by atoms with E-state index in [0.29, 0.717) is 12.1 Å². The first kappa shape index (κ1) is 11.7. The number of nitrogens with two attached hydrogens (primary N) is 1. The Morgan fingerprint density at radius 2 is 2.21 bits per heavy atom. The van der Waals surface area contributed by atoms with Crippen molar-refractivity contribution in [3.05, 3.63) is 12.2 Å². The van der Waals surface area contributed by atoms with E-state index in [4.69, 9.17) is 10.5 Å². The Labute approximate surface area is 86.7 Å². The fourth-order valence-corrected chi connectivity index (χ4v) is 1.87. The van der Waals surface area contributed by atoms with Crippen LogP contribution in [0.4, 0.5) is 0 Å². The summed E-state index contributed by atoms with van der Waals surface area (Å²) in [6, 6.07) is 1.08. The Hall–Kier alpha value is -0.380. The molecule has 0 saturated carbocycles. The van der Waals surface area contributed by atoms with Gasteiger partial charge in [0.05, 0.1) is 6.61 Å². The van der Waals surface area contributed by atoms with Gasteiger partial charge >= 0.3 is 0 Å².